The van der Waals surface area contributed by atoms with Crippen molar-refractivity contribution < 1.29 is 14.8 Å². The predicted octanol–water partition coefficient (Wildman–Crippen LogP) is 1.55. The van der Waals surface area contributed by atoms with Crippen molar-refractivity contribution in [2.24, 2.45) is 0 Å². The average Bonchev–Trinajstić information content (AvgIpc) is 2.49. The summed E-state index contributed by atoms with van der Waals surface area (Å²) in [6.07, 6.45) is 2.18. The summed E-state index contributed by atoms with van der Waals surface area (Å²) >= 11 is 0. The van der Waals surface area contributed by atoms with Crippen LogP contribution in [0.2, 0.25) is 0 Å². The summed E-state index contributed by atoms with van der Waals surface area (Å²) in [7, 11) is 0. The first kappa shape index (κ1) is 16.0. The largest absolute Gasteiger partial charge is 0.334 e. The van der Waals surface area contributed by atoms with Gasteiger partial charge in [-0.15, -0.1) is 0 Å². The van der Waals surface area contributed by atoms with Gasteiger partial charge in [0.2, 0.25) is 0 Å². The fourth-order valence-corrected chi connectivity index (χ4v) is 1.74. The van der Waals surface area contributed by atoms with Gasteiger partial charge in [0.1, 0.15) is 6.04 Å². The number of hydroxylamine groups is 1. The molecule has 6 nitrogen and oxygen atoms in total. The molecule has 0 heterocycles. The molecule has 0 aliphatic heterocycles. The zero-order chi connectivity index (χ0) is 14.8. The monoisotopic (exact) mass is 279 g/mol. The minimum absolute atomic E-state index is 0.383. The van der Waals surface area contributed by atoms with Crippen LogP contribution in [0, 0.1) is 0 Å². The Labute approximate surface area is 118 Å². The van der Waals surface area contributed by atoms with Crippen LogP contribution in [0.25, 0.3) is 0 Å². The summed E-state index contributed by atoms with van der Waals surface area (Å²) in [4.78, 5) is 23.2. The first-order valence-electron chi connectivity index (χ1n) is 6.69. The van der Waals surface area contributed by atoms with Gasteiger partial charge in [0.05, 0.1) is 0 Å². The summed E-state index contributed by atoms with van der Waals surface area (Å²) in [6, 6.07) is 8.31. The van der Waals surface area contributed by atoms with E-state index in [1.54, 1.807) is 5.48 Å². The van der Waals surface area contributed by atoms with E-state index >= 15 is 0 Å². The lowest BCUT2D eigenvalue weighted by molar-refractivity contribution is -0.131. The SMILES string of the molecule is CCCC[C@H](NC(=O)NCc1ccccc1)C(=O)NO. The van der Waals surface area contributed by atoms with Crippen LogP contribution in [-0.4, -0.2) is 23.2 Å². The number of urea groups is 1. The minimum atomic E-state index is -0.726. The third-order valence-electron chi connectivity index (χ3n) is 2.87. The Morgan fingerprint density at radius 1 is 1.25 bits per heavy atom. The van der Waals surface area contributed by atoms with Crippen LogP contribution >= 0.6 is 0 Å². The zero-order valence-electron chi connectivity index (χ0n) is 11.6. The van der Waals surface area contributed by atoms with E-state index in [1.807, 2.05) is 37.3 Å². The highest BCUT2D eigenvalue weighted by atomic mass is 16.5. The third-order valence-corrected chi connectivity index (χ3v) is 2.87. The van der Waals surface area contributed by atoms with Crippen LogP contribution in [0.4, 0.5) is 4.79 Å². The molecule has 1 rings (SSSR count). The molecule has 0 aliphatic carbocycles. The molecule has 1 aromatic rings. The summed E-state index contributed by atoms with van der Waals surface area (Å²) < 4.78 is 0. The van der Waals surface area contributed by atoms with Crippen molar-refractivity contribution in [3.63, 3.8) is 0 Å². The number of benzene rings is 1. The van der Waals surface area contributed by atoms with Crippen molar-refractivity contribution in [2.75, 3.05) is 0 Å². The van der Waals surface area contributed by atoms with Gasteiger partial charge in [-0.25, -0.2) is 10.3 Å². The summed E-state index contributed by atoms with van der Waals surface area (Å²) in [5.74, 6) is -0.603. The van der Waals surface area contributed by atoms with Gasteiger partial charge in [0.15, 0.2) is 0 Å². The maximum Gasteiger partial charge on any atom is 0.315 e. The van der Waals surface area contributed by atoms with E-state index in [0.717, 1.165) is 18.4 Å². The number of amides is 3. The maximum absolute atomic E-state index is 11.7. The van der Waals surface area contributed by atoms with Crippen LogP contribution in [0.1, 0.15) is 31.7 Å². The van der Waals surface area contributed by atoms with Crippen molar-refractivity contribution in [3.8, 4) is 0 Å². The van der Waals surface area contributed by atoms with Crippen LogP contribution < -0.4 is 16.1 Å². The number of hydrogen-bond acceptors (Lipinski definition) is 3. The van der Waals surface area contributed by atoms with E-state index in [-0.39, 0.29) is 0 Å². The van der Waals surface area contributed by atoms with Gasteiger partial charge in [0, 0.05) is 6.54 Å². The standard InChI is InChI=1S/C14H21N3O3/c1-2-3-9-12(13(18)17-20)16-14(19)15-10-11-7-5-4-6-8-11/h4-8,12,20H,2-3,9-10H2,1H3,(H,17,18)(H2,15,16,19)/t12-/m0/s1. The van der Waals surface area contributed by atoms with Gasteiger partial charge in [-0.2, -0.15) is 0 Å². The Hall–Kier alpha value is -2.08. The second-order valence-electron chi connectivity index (χ2n) is 4.48. The van der Waals surface area contributed by atoms with E-state index in [0.29, 0.717) is 13.0 Å². The highest BCUT2D eigenvalue weighted by molar-refractivity contribution is 5.86. The van der Waals surface area contributed by atoms with E-state index in [2.05, 4.69) is 10.6 Å². The molecule has 0 fully saturated rings. The minimum Gasteiger partial charge on any atom is -0.334 e. The lowest BCUT2D eigenvalue weighted by Gasteiger charge is -2.16. The molecular weight excluding hydrogens is 258 g/mol. The number of carbonyl (C=O) groups excluding carboxylic acids is 2. The Morgan fingerprint density at radius 3 is 2.55 bits per heavy atom. The van der Waals surface area contributed by atoms with Gasteiger partial charge in [-0.1, -0.05) is 50.1 Å². The van der Waals surface area contributed by atoms with Crippen LogP contribution in [0.3, 0.4) is 0 Å². The second-order valence-corrected chi connectivity index (χ2v) is 4.48. The van der Waals surface area contributed by atoms with Crippen molar-refractivity contribution in [2.45, 2.75) is 38.8 Å². The highest BCUT2D eigenvalue weighted by Crippen LogP contribution is 2.01. The van der Waals surface area contributed by atoms with E-state index in [9.17, 15) is 9.59 Å². The highest BCUT2D eigenvalue weighted by Gasteiger charge is 2.19. The van der Waals surface area contributed by atoms with Gasteiger partial charge in [-0.05, 0) is 12.0 Å². The Kier molecular flexibility index (Phi) is 7.13. The normalized spacial score (nSPS) is 11.5. The van der Waals surface area contributed by atoms with E-state index in [1.165, 1.54) is 0 Å². The fourth-order valence-electron chi connectivity index (χ4n) is 1.74. The molecule has 20 heavy (non-hydrogen) atoms. The smallest absolute Gasteiger partial charge is 0.315 e. The molecule has 3 amide bonds. The molecule has 0 aromatic heterocycles. The number of unbranched alkanes of at least 4 members (excludes halogenated alkanes) is 1. The average molecular weight is 279 g/mol. The molecule has 0 aliphatic rings. The summed E-state index contributed by atoms with van der Waals surface area (Å²) in [5.41, 5.74) is 2.54. The van der Waals surface area contributed by atoms with Gasteiger partial charge >= 0.3 is 6.03 Å². The molecule has 4 N–H and O–H groups in total. The molecule has 110 valence electrons. The van der Waals surface area contributed by atoms with Gasteiger partial charge < -0.3 is 10.6 Å². The number of rotatable bonds is 7. The van der Waals surface area contributed by atoms with Crippen molar-refractivity contribution in [3.05, 3.63) is 35.9 Å². The number of hydrogen-bond donors (Lipinski definition) is 4. The lowest BCUT2D eigenvalue weighted by atomic mass is 10.1. The molecule has 0 saturated heterocycles. The molecular formula is C14H21N3O3. The van der Waals surface area contributed by atoms with Crippen LogP contribution in [-0.2, 0) is 11.3 Å². The fraction of sp³-hybridized carbons (Fsp3) is 0.429. The Bertz CT molecular complexity index is 423. The second kappa shape index (κ2) is 8.92. The summed E-state index contributed by atoms with van der Waals surface area (Å²) in [5, 5.41) is 13.9. The molecule has 1 atom stereocenters. The van der Waals surface area contributed by atoms with Crippen LogP contribution in [0.5, 0.6) is 0 Å². The topological polar surface area (TPSA) is 90.5 Å². The molecule has 0 saturated carbocycles. The third kappa shape index (κ3) is 5.71. The molecule has 0 radical (unpaired) electrons. The zero-order valence-corrected chi connectivity index (χ0v) is 11.6. The van der Waals surface area contributed by atoms with Crippen molar-refractivity contribution in [1.29, 1.82) is 0 Å². The molecule has 0 spiro atoms. The quantitative estimate of drug-likeness (QED) is 0.451. The number of carbonyl (C=O) groups is 2. The van der Waals surface area contributed by atoms with E-state index < -0.39 is 18.0 Å². The van der Waals surface area contributed by atoms with E-state index in [4.69, 9.17) is 5.21 Å². The lowest BCUT2D eigenvalue weighted by Crippen LogP contribution is -2.49. The molecule has 0 unspecified atom stereocenters. The summed E-state index contributed by atoms with van der Waals surface area (Å²) in [6.45, 7) is 2.37. The Morgan fingerprint density at radius 2 is 1.95 bits per heavy atom. The first-order valence-corrected chi connectivity index (χ1v) is 6.69. The predicted molar refractivity (Wildman–Crippen MR) is 75.1 cm³/mol. The van der Waals surface area contributed by atoms with Gasteiger partial charge in [-0.3, -0.25) is 10.0 Å². The molecule has 6 heteroatoms. The first-order chi connectivity index (χ1) is 9.67. The van der Waals surface area contributed by atoms with Crippen molar-refractivity contribution >= 4 is 11.9 Å². The Balaban J connectivity index is 2.43. The maximum atomic E-state index is 11.7. The molecule has 0 bridgehead atoms. The van der Waals surface area contributed by atoms with Crippen LogP contribution in [0.15, 0.2) is 30.3 Å². The molecule has 1 aromatic carbocycles. The number of nitrogens with one attached hydrogen (secondary N) is 3. The van der Waals surface area contributed by atoms with Crippen molar-refractivity contribution in [1.82, 2.24) is 16.1 Å². The van der Waals surface area contributed by atoms with Gasteiger partial charge in [0.25, 0.3) is 5.91 Å².